The SMILES string of the molecule is O=C(c1ccc(OC[C@@H](O)CC2CCCC2)cc1)N1CCCC1. The molecule has 1 aromatic carbocycles. The summed E-state index contributed by atoms with van der Waals surface area (Å²) >= 11 is 0. The predicted octanol–water partition coefficient (Wildman–Crippen LogP) is 3.24. The summed E-state index contributed by atoms with van der Waals surface area (Å²) in [6, 6.07) is 7.29. The van der Waals surface area contributed by atoms with E-state index in [0.717, 1.165) is 32.4 Å². The van der Waals surface area contributed by atoms with Gasteiger partial charge in [-0.15, -0.1) is 0 Å². The molecule has 1 aliphatic carbocycles. The van der Waals surface area contributed by atoms with Crippen LogP contribution in [0.5, 0.6) is 5.75 Å². The number of nitrogens with zero attached hydrogens (tertiary/aromatic N) is 1. The van der Waals surface area contributed by atoms with Gasteiger partial charge < -0.3 is 14.7 Å². The van der Waals surface area contributed by atoms with Crippen LogP contribution in [0, 0.1) is 5.92 Å². The van der Waals surface area contributed by atoms with Crippen LogP contribution in [0.3, 0.4) is 0 Å². The number of benzene rings is 1. The van der Waals surface area contributed by atoms with Crippen LogP contribution in [0.25, 0.3) is 0 Å². The minimum atomic E-state index is -0.399. The molecular weight excluding hydrogens is 290 g/mol. The number of ether oxygens (including phenoxy) is 1. The Balaban J connectivity index is 1.46. The van der Waals surface area contributed by atoms with E-state index in [2.05, 4.69) is 0 Å². The van der Waals surface area contributed by atoms with Crippen molar-refractivity contribution in [1.82, 2.24) is 4.90 Å². The van der Waals surface area contributed by atoms with E-state index in [4.69, 9.17) is 4.74 Å². The first-order chi connectivity index (χ1) is 11.2. The molecule has 1 atom stereocenters. The topological polar surface area (TPSA) is 49.8 Å². The molecule has 3 rings (SSSR count). The second-order valence-corrected chi connectivity index (χ2v) is 6.87. The molecule has 1 aliphatic heterocycles. The summed E-state index contributed by atoms with van der Waals surface area (Å²) in [4.78, 5) is 14.2. The normalized spacial score (nSPS) is 20.0. The highest BCUT2D eigenvalue weighted by Gasteiger charge is 2.20. The zero-order valence-electron chi connectivity index (χ0n) is 13.7. The van der Waals surface area contributed by atoms with Gasteiger partial charge in [-0.25, -0.2) is 0 Å². The standard InChI is InChI=1S/C19H27NO3/c21-17(13-15-5-1-2-6-15)14-23-18-9-7-16(8-10-18)19(22)20-11-3-4-12-20/h7-10,15,17,21H,1-6,11-14H2/t17-/m0/s1. The van der Waals surface area contributed by atoms with Gasteiger partial charge in [0.1, 0.15) is 12.4 Å². The molecule has 2 aliphatic rings. The lowest BCUT2D eigenvalue weighted by molar-refractivity contribution is 0.0791. The molecule has 23 heavy (non-hydrogen) atoms. The van der Waals surface area contributed by atoms with Gasteiger partial charge in [0.15, 0.2) is 0 Å². The molecule has 1 N–H and O–H groups in total. The van der Waals surface area contributed by atoms with E-state index in [-0.39, 0.29) is 5.91 Å². The molecule has 1 saturated heterocycles. The average Bonchev–Trinajstić information content (AvgIpc) is 3.26. The van der Waals surface area contributed by atoms with E-state index in [1.165, 1.54) is 25.7 Å². The van der Waals surface area contributed by atoms with Crippen LogP contribution in [0.15, 0.2) is 24.3 Å². The Morgan fingerprint density at radius 3 is 2.43 bits per heavy atom. The fourth-order valence-corrected chi connectivity index (χ4v) is 3.69. The lowest BCUT2D eigenvalue weighted by Gasteiger charge is -2.17. The molecule has 0 spiro atoms. The molecule has 126 valence electrons. The van der Waals surface area contributed by atoms with Gasteiger partial charge in [0, 0.05) is 18.7 Å². The fraction of sp³-hybridized carbons (Fsp3) is 0.632. The van der Waals surface area contributed by atoms with Crippen molar-refractivity contribution in [2.75, 3.05) is 19.7 Å². The van der Waals surface area contributed by atoms with E-state index in [1.54, 1.807) is 0 Å². The first-order valence-corrected chi connectivity index (χ1v) is 8.92. The molecule has 0 bridgehead atoms. The van der Waals surface area contributed by atoms with E-state index >= 15 is 0 Å². The molecule has 1 saturated carbocycles. The minimum absolute atomic E-state index is 0.107. The lowest BCUT2D eigenvalue weighted by Crippen LogP contribution is -2.27. The maximum atomic E-state index is 12.3. The molecule has 0 aromatic heterocycles. The van der Waals surface area contributed by atoms with Crippen LogP contribution in [0.1, 0.15) is 55.3 Å². The molecule has 4 heteroatoms. The summed E-state index contributed by atoms with van der Waals surface area (Å²) < 4.78 is 5.66. The molecule has 1 aromatic rings. The van der Waals surface area contributed by atoms with Crippen molar-refractivity contribution in [1.29, 1.82) is 0 Å². The second-order valence-electron chi connectivity index (χ2n) is 6.87. The Labute approximate surface area is 138 Å². The smallest absolute Gasteiger partial charge is 0.253 e. The van der Waals surface area contributed by atoms with Gasteiger partial charge in [-0.3, -0.25) is 4.79 Å². The highest BCUT2D eigenvalue weighted by Crippen LogP contribution is 2.28. The van der Waals surface area contributed by atoms with Crippen molar-refractivity contribution in [2.24, 2.45) is 5.92 Å². The Morgan fingerprint density at radius 2 is 1.78 bits per heavy atom. The quantitative estimate of drug-likeness (QED) is 0.876. The van der Waals surface area contributed by atoms with Gasteiger partial charge in [0.25, 0.3) is 5.91 Å². The number of likely N-dealkylation sites (tertiary alicyclic amines) is 1. The van der Waals surface area contributed by atoms with Gasteiger partial charge in [-0.05, 0) is 49.4 Å². The Kier molecular flexibility index (Phi) is 5.55. The zero-order chi connectivity index (χ0) is 16.1. The molecule has 4 nitrogen and oxygen atoms in total. The first-order valence-electron chi connectivity index (χ1n) is 8.92. The van der Waals surface area contributed by atoms with Gasteiger partial charge in [0.05, 0.1) is 6.10 Å². The van der Waals surface area contributed by atoms with Crippen molar-refractivity contribution in [3.8, 4) is 5.75 Å². The monoisotopic (exact) mass is 317 g/mol. The van der Waals surface area contributed by atoms with Crippen molar-refractivity contribution in [3.63, 3.8) is 0 Å². The minimum Gasteiger partial charge on any atom is -0.491 e. The highest BCUT2D eigenvalue weighted by molar-refractivity contribution is 5.94. The van der Waals surface area contributed by atoms with Crippen LogP contribution >= 0.6 is 0 Å². The molecule has 2 fully saturated rings. The molecule has 1 amide bonds. The number of hydrogen-bond acceptors (Lipinski definition) is 3. The first kappa shape index (κ1) is 16.3. The van der Waals surface area contributed by atoms with Gasteiger partial charge in [0.2, 0.25) is 0 Å². The largest absolute Gasteiger partial charge is 0.491 e. The van der Waals surface area contributed by atoms with Crippen molar-refractivity contribution >= 4 is 5.91 Å². The van der Waals surface area contributed by atoms with Gasteiger partial charge in [-0.2, -0.15) is 0 Å². The molecule has 0 radical (unpaired) electrons. The molecular formula is C19H27NO3. The van der Waals surface area contributed by atoms with E-state index in [0.29, 0.717) is 23.8 Å². The molecule has 0 unspecified atom stereocenters. The summed E-state index contributed by atoms with van der Waals surface area (Å²) in [5.41, 5.74) is 0.714. The molecule has 1 heterocycles. The van der Waals surface area contributed by atoms with E-state index in [9.17, 15) is 9.90 Å². The summed E-state index contributed by atoms with van der Waals surface area (Å²) in [7, 11) is 0. The third-order valence-electron chi connectivity index (χ3n) is 5.02. The Bertz CT molecular complexity index is 502. The number of aliphatic hydroxyl groups is 1. The van der Waals surface area contributed by atoms with E-state index < -0.39 is 6.10 Å². The Hall–Kier alpha value is -1.55. The van der Waals surface area contributed by atoms with Crippen LogP contribution in [-0.4, -0.2) is 41.7 Å². The summed E-state index contributed by atoms with van der Waals surface area (Å²) in [6.45, 7) is 2.06. The van der Waals surface area contributed by atoms with Crippen LogP contribution in [0.4, 0.5) is 0 Å². The van der Waals surface area contributed by atoms with E-state index in [1.807, 2.05) is 29.2 Å². The average molecular weight is 317 g/mol. The maximum Gasteiger partial charge on any atom is 0.253 e. The maximum absolute atomic E-state index is 12.3. The van der Waals surface area contributed by atoms with Crippen LogP contribution < -0.4 is 4.74 Å². The fourth-order valence-electron chi connectivity index (χ4n) is 3.69. The summed E-state index contributed by atoms with van der Waals surface area (Å²) in [6.07, 6.45) is 7.72. The number of hydrogen-bond donors (Lipinski definition) is 1. The third-order valence-corrected chi connectivity index (χ3v) is 5.02. The number of carbonyl (C=O) groups excluding carboxylic acids is 1. The Morgan fingerprint density at radius 1 is 1.13 bits per heavy atom. The second kappa shape index (κ2) is 7.82. The number of rotatable bonds is 6. The summed E-state index contributed by atoms with van der Waals surface area (Å²) in [5, 5.41) is 10.1. The third kappa shape index (κ3) is 4.47. The lowest BCUT2D eigenvalue weighted by atomic mass is 10.0. The predicted molar refractivity (Wildman–Crippen MR) is 89.7 cm³/mol. The van der Waals surface area contributed by atoms with Crippen molar-refractivity contribution in [2.45, 2.75) is 51.0 Å². The van der Waals surface area contributed by atoms with Crippen LogP contribution in [-0.2, 0) is 0 Å². The van der Waals surface area contributed by atoms with Gasteiger partial charge in [-0.1, -0.05) is 25.7 Å². The van der Waals surface area contributed by atoms with Crippen molar-refractivity contribution < 1.29 is 14.6 Å². The summed E-state index contributed by atoms with van der Waals surface area (Å²) in [5.74, 6) is 1.48. The van der Waals surface area contributed by atoms with Crippen molar-refractivity contribution in [3.05, 3.63) is 29.8 Å². The zero-order valence-corrected chi connectivity index (χ0v) is 13.7. The van der Waals surface area contributed by atoms with Gasteiger partial charge >= 0.3 is 0 Å². The number of carbonyl (C=O) groups is 1. The number of amides is 1. The van der Waals surface area contributed by atoms with Crippen LogP contribution in [0.2, 0.25) is 0 Å². The highest BCUT2D eigenvalue weighted by atomic mass is 16.5. The number of aliphatic hydroxyl groups excluding tert-OH is 1.